The van der Waals surface area contributed by atoms with Crippen molar-refractivity contribution in [3.63, 3.8) is 0 Å². The molecule has 2 amide bonds. The summed E-state index contributed by atoms with van der Waals surface area (Å²) < 4.78 is 37.9. The molecule has 0 fully saturated rings. The number of nitrogens with zero attached hydrogens (tertiary/aromatic N) is 1. The molecule has 0 heterocycles. The molecule has 3 N–H and O–H groups in total. The molecule has 27 heavy (non-hydrogen) atoms. The number of halogens is 3. The quantitative estimate of drug-likeness (QED) is 0.340. The average molecular weight is 390 g/mol. The van der Waals surface area contributed by atoms with Gasteiger partial charge in [0.1, 0.15) is 5.69 Å². The van der Waals surface area contributed by atoms with Crippen molar-refractivity contribution in [2.45, 2.75) is 26.4 Å². The molecule has 0 aliphatic carbocycles. The summed E-state index contributed by atoms with van der Waals surface area (Å²) in [7, 11) is 0. The standard InChI is InChI=1S/C16H21F3N4O4/c1-10(2)15(25)22-8-7-21-14(24)5-6-20-12-4-3-11(16(17,18)19)9-13(12)23(26)27/h3-4,9-10,20H,5-8H2,1-2H3,(H,21,24)(H,22,25). The molecule has 0 radical (unpaired) electrons. The van der Waals surface area contributed by atoms with Gasteiger partial charge >= 0.3 is 6.18 Å². The highest BCUT2D eigenvalue weighted by Gasteiger charge is 2.33. The zero-order chi connectivity index (χ0) is 20.6. The number of carbonyl (C=O) groups is 2. The Morgan fingerprint density at radius 3 is 2.33 bits per heavy atom. The van der Waals surface area contributed by atoms with Gasteiger partial charge in [0.2, 0.25) is 11.8 Å². The molecule has 0 unspecified atom stereocenters. The minimum Gasteiger partial charge on any atom is -0.379 e. The van der Waals surface area contributed by atoms with Crippen LogP contribution >= 0.6 is 0 Å². The zero-order valence-electron chi connectivity index (χ0n) is 14.9. The normalized spacial score (nSPS) is 11.2. The van der Waals surface area contributed by atoms with Crippen LogP contribution in [0, 0.1) is 16.0 Å². The molecule has 0 saturated carbocycles. The summed E-state index contributed by atoms with van der Waals surface area (Å²) in [6.07, 6.45) is -4.73. The summed E-state index contributed by atoms with van der Waals surface area (Å²) in [5, 5.41) is 18.7. The van der Waals surface area contributed by atoms with Crippen LogP contribution in [-0.4, -0.2) is 36.4 Å². The van der Waals surface area contributed by atoms with Gasteiger partial charge in [0, 0.05) is 38.0 Å². The number of carbonyl (C=O) groups excluding carboxylic acids is 2. The fraction of sp³-hybridized carbons (Fsp3) is 0.500. The predicted octanol–water partition coefficient (Wildman–Crippen LogP) is 2.30. The third-order valence-electron chi connectivity index (χ3n) is 3.46. The van der Waals surface area contributed by atoms with E-state index < -0.39 is 22.4 Å². The Morgan fingerprint density at radius 1 is 1.15 bits per heavy atom. The van der Waals surface area contributed by atoms with Crippen LogP contribution in [-0.2, 0) is 15.8 Å². The summed E-state index contributed by atoms with van der Waals surface area (Å²) in [5.74, 6) is -0.666. The molecule has 0 aromatic heterocycles. The number of nitro benzene ring substituents is 1. The van der Waals surface area contributed by atoms with Crippen molar-refractivity contribution in [1.82, 2.24) is 10.6 Å². The summed E-state index contributed by atoms with van der Waals surface area (Å²) in [6, 6.07) is 2.13. The van der Waals surface area contributed by atoms with Crippen LogP contribution in [0.25, 0.3) is 0 Å². The SMILES string of the molecule is CC(C)C(=O)NCCNC(=O)CCNc1ccc(C(F)(F)F)cc1[N+](=O)[O-]. The summed E-state index contributed by atoms with van der Waals surface area (Å²) in [4.78, 5) is 33.0. The van der Waals surface area contributed by atoms with Crippen molar-refractivity contribution in [3.05, 3.63) is 33.9 Å². The number of anilines is 1. The smallest absolute Gasteiger partial charge is 0.379 e. The van der Waals surface area contributed by atoms with E-state index in [1.807, 2.05) is 0 Å². The Balaban J connectivity index is 2.48. The first-order valence-electron chi connectivity index (χ1n) is 8.16. The van der Waals surface area contributed by atoms with Crippen molar-refractivity contribution < 1.29 is 27.7 Å². The zero-order valence-corrected chi connectivity index (χ0v) is 14.9. The number of rotatable bonds is 9. The second-order valence-electron chi connectivity index (χ2n) is 5.96. The molecule has 1 aromatic rings. The molecular formula is C16H21F3N4O4. The Bertz CT molecular complexity index is 693. The maximum absolute atomic E-state index is 12.6. The molecule has 0 atom stereocenters. The van der Waals surface area contributed by atoms with Crippen LogP contribution < -0.4 is 16.0 Å². The Morgan fingerprint density at radius 2 is 1.78 bits per heavy atom. The third kappa shape index (κ3) is 7.50. The number of nitrogens with one attached hydrogen (secondary N) is 3. The maximum Gasteiger partial charge on any atom is 0.416 e. The van der Waals surface area contributed by atoms with Crippen LogP contribution in [0.1, 0.15) is 25.8 Å². The van der Waals surface area contributed by atoms with Crippen molar-refractivity contribution >= 4 is 23.2 Å². The van der Waals surface area contributed by atoms with Crippen molar-refractivity contribution in [2.75, 3.05) is 25.0 Å². The first kappa shape index (κ1) is 22.2. The van der Waals surface area contributed by atoms with Crippen LogP contribution in [0.15, 0.2) is 18.2 Å². The molecule has 0 spiro atoms. The Labute approximate surface area is 153 Å². The molecule has 0 aliphatic rings. The minimum absolute atomic E-state index is 0.00358. The topological polar surface area (TPSA) is 113 Å². The van der Waals surface area contributed by atoms with E-state index in [0.717, 1.165) is 12.1 Å². The highest BCUT2D eigenvalue weighted by molar-refractivity contribution is 5.78. The monoisotopic (exact) mass is 390 g/mol. The van der Waals surface area contributed by atoms with Gasteiger partial charge < -0.3 is 16.0 Å². The lowest BCUT2D eigenvalue weighted by Gasteiger charge is -2.11. The molecule has 150 valence electrons. The third-order valence-corrected chi connectivity index (χ3v) is 3.46. The van der Waals surface area contributed by atoms with Gasteiger partial charge in [-0.3, -0.25) is 19.7 Å². The second kappa shape index (κ2) is 9.74. The average Bonchev–Trinajstić information content (AvgIpc) is 2.57. The molecule has 8 nitrogen and oxygen atoms in total. The number of benzene rings is 1. The fourth-order valence-electron chi connectivity index (χ4n) is 2.00. The number of hydrogen-bond acceptors (Lipinski definition) is 5. The lowest BCUT2D eigenvalue weighted by Crippen LogP contribution is -2.36. The predicted molar refractivity (Wildman–Crippen MR) is 92.1 cm³/mol. The molecule has 1 aromatic carbocycles. The van der Waals surface area contributed by atoms with Gasteiger partial charge in [0.25, 0.3) is 5.69 Å². The number of amides is 2. The van der Waals surface area contributed by atoms with E-state index in [0.29, 0.717) is 6.07 Å². The number of nitro groups is 1. The van der Waals surface area contributed by atoms with E-state index in [4.69, 9.17) is 0 Å². The number of hydrogen-bond donors (Lipinski definition) is 3. The first-order valence-corrected chi connectivity index (χ1v) is 8.16. The van der Waals surface area contributed by atoms with E-state index >= 15 is 0 Å². The van der Waals surface area contributed by atoms with Crippen LogP contribution in [0.5, 0.6) is 0 Å². The first-order chi connectivity index (χ1) is 12.5. The van der Waals surface area contributed by atoms with Crippen LogP contribution in [0.3, 0.4) is 0 Å². The summed E-state index contributed by atoms with van der Waals surface area (Å²) in [6.45, 7) is 3.95. The van der Waals surface area contributed by atoms with Gasteiger partial charge in [-0.05, 0) is 12.1 Å². The van der Waals surface area contributed by atoms with E-state index in [1.165, 1.54) is 0 Å². The highest BCUT2D eigenvalue weighted by atomic mass is 19.4. The molecule has 0 saturated heterocycles. The van der Waals surface area contributed by atoms with Crippen LogP contribution in [0.4, 0.5) is 24.5 Å². The molecule has 1 rings (SSSR count). The van der Waals surface area contributed by atoms with E-state index in [9.17, 15) is 32.9 Å². The van der Waals surface area contributed by atoms with Gasteiger partial charge in [-0.25, -0.2) is 0 Å². The Kier molecular flexibility index (Phi) is 8.00. The van der Waals surface area contributed by atoms with Crippen molar-refractivity contribution in [1.29, 1.82) is 0 Å². The van der Waals surface area contributed by atoms with Gasteiger partial charge in [0.15, 0.2) is 0 Å². The largest absolute Gasteiger partial charge is 0.416 e. The second-order valence-corrected chi connectivity index (χ2v) is 5.96. The van der Waals surface area contributed by atoms with E-state index in [1.54, 1.807) is 13.8 Å². The van der Waals surface area contributed by atoms with Crippen molar-refractivity contribution in [3.8, 4) is 0 Å². The molecule has 11 heteroatoms. The van der Waals surface area contributed by atoms with Crippen LogP contribution in [0.2, 0.25) is 0 Å². The Hall–Kier alpha value is -2.85. The highest BCUT2D eigenvalue weighted by Crippen LogP contribution is 2.34. The minimum atomic E-state index is -4.69. The van der Waals surface area contributed by atoms with E-state index in [2.05, 4.69) is 16.0 Å². The van der Waals surface area contributed by atoms with Gasteiger partial charge in [0.05, 0.1) is 10.5 Å². The van der Waals surface area contributed by atoms with Crippen molar-refractivity contribution in [2.24, 2.45) is 5.92 Å². The molecule has 0 aliphatic heterocycles. The van der Waals surface area contributed by atoms with Gasteiger partial charge in [-0.1, -0.05) is 13.8 Å². The summed E-state index contributed by atoms with van der Waals surface area (Å²) >= 11 is 0. The fourth-order valence-corrected chi connectivity index (χ4v) is 2.00. The molecule has 0 bridgehead atoms. The maximum atomic E-state index is 12.6. The van der Waals surface area contributed by atoms with Gasteiger partial charge in [-0.2, -0.15) is 13.2 Å². The molecular weight excluding hydrogens is 369 g/mol. The lowest BCUT2D eigenvalue weighted by atomic mass is 10.1. The summed E-state index contributed by atoms with van der Waals surface area (Å²) in [5.41, 5.74) is -1.95. The van der Waals surface area contributed by atoms with Gasteiger partial charge in [-0.15, -0.1) is 0 Å². The lowest BCUT2D eigenvalue weighted by molar-refractivity contribution is -0.384. The van der Waals surface area contributed by atoms with E-state index in [-0.39, 0.29) is 49.5 Å². The number of alkyl halides is 3.